The molecule has 7 heteroatoms. The van der Waals surface area contributed by atoms with Crippen molar-refractivity contribution in [2.24, 2.45) is 0 Å². The Hall–Kier alpha value is -9.19. The van der Waals surface area contributed by atoms with Crippen LogP contribution in [0.3, 0.4) is 0 Å². The Morgan fingerprint density at radius 3 is 0.988 bits per heavy atom. The van der Waals surface area contributed by atoms with E-state index in [9.17, 15) is 0 Å². The van der Waals surface area contributed by atoms with E-state index in [1.807, 2.05) is 0 Å². The van der Waals surface area contributed by atoms with Crippen LogP contribution in [0.15, 0.2) is 212 Å². The smallest absolute Gasteiger partial charge is 0.252 e. The highest BCUT2D eigenvalue weighted by atomic mass is 15.2. The van der Waals surface area contributed by atoms with Gasteiger partial charge in [0.15, 0.2) is 0 Å². The third kappa shape index (κ3) is 5.42. The van der Waals surface area contributed by atoms with Crippen molar-refractivity contribution in [2.75, 3.05) is 19.6 Å². The van der Waals surface area contributed by atoms with E-state index in [0.29, 0.717) is 0 Å². The molecule has 0 spiro atoms. The van der Waals surface area contributed by atoms with Crippen LogP contribution >= 0.6 is 0 Å². The molecule has 0 amide bonds. The lowest BCUT2D eigenvalue weighted by atomic mass is 9.25. The van der Waals surface area contributed by atoms with Crippen molar-refractivity contribution in [3.63, 3.8) is 0 Å². The minimum atomic E-state index is -0.0780. The normalized spacial score (nSPS) is 14.9. The summed E-state index contributed by atoms with van der Waals surface area (Å²) in [5, 5.41) is 0. The molecule has 19 rings (SSSR count). The molecule has 8 aliphatic rings. The molecule has 0 bridgehead atoms. The quantitative estimate of drug-likeness (QED) is 0.140. The number of rotatable bonds is 0. The Bertz CT molecular complexity index is 4460. The van der Waals surface area contributed by atoms with E-state index in [0.717, 1.165) is 0 Å². The van der Waals surface area contributed by atoms with Gasteiger partial charge in [0.1, 0.15) is 0 Å². The molecular weight excluding hydrogens is 977 g/mol. The van der Waals surface area contributed by atoms with E-state index >= 15 is 0 Å². The van der Waals surface area contributed by atoms with E-state index in [-0.39, 0.29) is 31.0 Å². The van der Waals surface area contributed by atoms with Gasteiger partial charge in [-0.3, -0.25) is 0 Å². The van der Waals surface area contributed by atoms with E-state index < -0.39 is 0 Å². The van der Waals surface area contributed by atoms with Crippen molar-refractivity contribution in [1.82, 2.24) is 0 Å². The minimum Gasteiger partial charge on any atom is -0.312 e. The summed E-state index contributed by atoms with van der Waals surface area (Å²) in [6, 6.07) is 83.0. The highest BCUT2D eigenvalue weighted by Crippen LogP contribution is 2.57. The van der Waals surface area contributed by atoms with Crippen molar-refractivity contribution in [2.45, 2.75) is 52.4 Å². The molecule has 8 heterocycles. The highest BCUT2D eigenvalue weighted by Gasteiger charge is 2.56. The monoisotopic (exact) mass is 1030 g/mol. The van der Waals surface area contributed by atoms with Gasteiger partial charge in [0.2, 0.25) is 0 Å². The molecule has 0 saturated heterocycles. The average molecular weight is 1030 g/mol. The van der Waals surface area contributed by atoms with Gasteiger partial charge in [-0.15, -0.1) is 0 Å². The molecule has 0 saturated carbocycles. The zero-order valence-corrected chi connectivity index (χ0v) is 46.2. The molecule has 8 aliphatic heterocycles. The number of nitrogens with zero attached hydrogens (tertiary/aromatic N) is 4. The minimum absolute atomic E-state index is 0.0258. The van der Waals surface area contributed by atoms with Gasteiger partial charge in [-0.2, -0.15) is 0 Å². The molecule has 0 atom stereocenters. The van der Waals surface area contributed by atoms with E-state index in [1.165, 1.54) is 173 Å². The Kier molecular flexibility index (Phi) is 8.25. The second kappa shape index (κ2) is 15.0. The van der Waals surface area contributed by atoms with E-state index in [4.69, 9.17) is 0 Å². The number of hydrogen-bond acceptors (Lipinski definition) is 4. The van der Waals surface area contributed by atoms with Crippen molar-refractivity contribution in [3.8, 4) is 44.5 Å². The first kappa shape index (κ1) is 44.6. The summed E-state index contributed by atoms with van der Waals surface area (Å²) in [7, 11) is 0. The van der Waals surface area contributed by atoms with Gasteiger partial charge in [-0.1, -0.05) is 205 Å². The summed E-state index contributed by atoms with van der Waals surface area (Å²) in [4.78, 5) is 10.8. The fourth-order valence-corrected chi connectivity index (χ4v) is 16.4. The second-order valence-electron chi connectivity index (χ2n) is 25.9. The first-order valence-corrected chi connectivity index (χ1v) is 29.1. The number of benzene rings is 11. The van der Waals surface area contributed by atoms with Crippen molar-refractivity contribution >= 4 is 138 Å². The third-order valence-corrected chi connectivity index (χ3v) is 19.8. The summed E-state index contributed by atoms with van der Waals surface area (Å²) < 4.78 is 0. The van der Waals surface area contributed by atoms with Crippen LogP contribution in [-0.4, -0.2) is 20.1 Å². The lowest BCUT2D eigenvalue weighted by Crippen LogP contribution is -2.72. The maximum Gasteiger partial charge on any atom is 0.252 e. The Morgan fingerprint density at radius 2 is 0.568 bits per heavy atom. The fraction of sp³-hybridized carbons (Fsp3) is 0.108. The standard InChI is InChI=1S/C74H53B3N4/c1-73(2,3)42-31-35-54-64(39-42)80-62-37-33-50-46-21-9-7-19-44(46)48-23-11-15-27-58(48)78-60-29-17-13-25-52(60)76(66(62)69(50)78)56-41-57-72-68(71(56)80)75(54)55-36-32-43(74(4,5)6)40-65(55)81(72)63-38-34-51-47-22-10-8-20-45(47)49-24-12-16-28-59(49)79-61-30-18-14-26-53(61)77(57)67(63)70(51)79/h7-41H,1-6H3. The van der Waals surface area contributed by atoms with Gasteiger partial charge in [-0.25, -0.2) is 0 Å². The zero-order chi connectivity index (χ0) is 53.7. The first-order valence-electron chi connectivity index (χ1n) is 29.1. The van der Waals surface area contributed by atoms with Crippen LogP contribution in [0.5, 0.6) is 0 Å². The molecule has 81 heavy (non-hydrogen) atoms. The van der Waals surface area contributed by atoms with Crippen LogP contribution in [0.4, 0.5) is 68.2 Å². The van der Waals surface area contributed by atoms with E-state index in [1.54, 1.807) is 0 Å². The Balaban J connectivity index is 1.00. The lowest BCUT2D eigenvalue weighted by molar-refractivity contribution is 0.590. The summed E-state index contributed by atoms with van der Waals surface area (Å²) in [6.45, 7) is 14.1. The van der Waals surface area contributed by atoms with Gasteiger partial charge < -0.3 is 19.6 Å². The van der Waals surface area contributed by atoms with Crippen LogP contribution in [-0.2, 0) is 10.8 Å². The summed E-state index contributed by atoms with van der Waals surface area (Å²) in [5.41, 5.74) is 40.3. The third-order valence-electron chi connectivity index (χ3n) is 19.8. The number of hydrogen-bond donors (Lipinski definition) is 0. The number of anilines is 12. The van der Waals surface area contributed by atoms with Gasteiger partial charge in [0.25, 0.3) is 20.1 Å². The topological polar surface area (TPSA) is 13.0 Å². The molecule has 11 aromatic rings. The van der Waals surface area contributed by atoms with Crippen LogP contribution in [0.2, 0.25) is 0 Å². The maximum atomic E-state index is 2.76. The van der Waals surface area contributed by atoms with Gasteiger partial charge in [0.05, 0.1) is 22.7 Å². The molecule has 0 aromatic heterocycles. The number of fused-ring (bicyclic) bond motifs is 26. The van der Waals surface area contributed by atoms with Crippen LogP contribution in [0.25, 0.3) is 44.5 Å². The van der Waals surface area contributed by atoms with Gasteiger partial charge in [-0.05, 0) is 142 Å². The van der Waals surface area contributed by atoms with Crippen LogP contribution in [0, 0.1) is 0 Å². The molecule has 0 N–H and O–H groups in total. The molecule has 11 aromatic carbocycles. The second-order valence-corrected chi connectivity index (χ2v) is 25.9. The largest absolute Gasteiger partial charge is 0.312 e. The molecular formula is C74H53B3N4. The summed E-state index contributed by atoms with van der Waals surface area (Å²) in [5.74, 6) is 0. The molecule has 0 fully saturated rings. The summed E-state index contributed by atoms with van der Waals surface area (Å²) in [6.07, 6.45) is 0. The first-order chi connectivity index (χ1) is 39.5. The number of para-hydroxylation sites is 4. The fourth-order valence-electron chi connectivity index (χ4n) is 16.4. The Labute approximate surface area is 474 Å². The lowest BCUT2D eigenvalue weighted by Gasteiger charge is -2.53. The van der Waals surface area contributed by atoms with E-state index in [2.05, 4.69) is 273 Å². The maximum absolute atomic E-state index is 2.76. The molecule has 378 valence electrons. The predicted octanol–water partition coefficient (Wildman–Crippen LogP) is 12.9. The van der Waals surface area contributed by atoms with Crippen LogP contribution < -0.4 is 68.8 Å². The predicted molar refractivity (Wildman–Crippen MR) is 345 cm³/mol. The van der Waals surface area contributed by atoms with Gasteiger partial charge >= 0.3 is 0 Å². The average Bonchev–Trinajstić information content (AvgIpc) is 1.95. The van der Waals surface area contributed by atoms with Crippen molar-refractivity contribution in [1.29, 1.82) is 0 Å². The SMILES string of the molecule is CC(C)(C)c1ccc2c(c1)N1c3ccc4c5c3B(c3ccccc3N5c3ccccc3-c3ccccc3-4)c3cc4c5c(c31)B2c1ccc(C(C)(C)C)cc1N5c1ccc2c3c1B4c1ccccc1N3c1ccccc1-c1ccccc1-2. The highest BCUT2D eigenvalue weighted by molar-refractivity contribution is 7.08. The van der Waals surface area contributed by atoms with Gasteiger partial charge in [0, 0.05) is 67.8 Å². The molecule has 0 unspecified atom stereocenters. The molecule has 4 nitrogen and oxygen atoms in total. The zero-order valence-electron chi connectivity index (χ0n) is 46.2. The Morgan fingerprint density at radius 1 is 0.235 bits per heavy atom. The van der Waals surface area contributed by atoms with Crippen LogP contribution in [0.1, 0.15) is 52.7 Å². The molecule has 0 aliphatic carbocycles. The van der Waals surface area contributed by atoms with Crippen molar-refractivity contribution in [3.05, 3.63) is 223 Å². The van der Waals surface area contributed by atoms with Crippen molar-refractivity contribution < 1.29 is 0 Å². The summed E-state index contributed by atoms with van der Waals surface area (Å²) >= 11 is 0. The molecule has 0 radical (unpaired) electrons.